The van der Waals surface area contributed by atoms with Crippen molar-refractivity contribution in [2.75, 3.05) is 19.7 Å². The third kappa shape index (κ3) is 3.96. The molecule has 1 aliphatic heterocycles. The van der Waals surface area contributed by atoms with Crippen molar-refractivity contribution in [1.29, 1.82) is 0 Å². The lowest BCUT2D eigenvalue weighted by molar-refractivity contribution is -0.144. The lowest BCUT2D eigenvalue weighted by atomic mass is 10.0. The first-order valence-corrected chi connectivity index (χ1v) is 8.13. The van der Waals surface area contributed by atoms with Gasteiger partial charge in [0.1, 0.15) is 0 Å². The highest BCUT2D eigenvalue weighted by Crippen LogP contribution is 2.32. The second kappa shape index (κ2) is 7.43. The Morgan fingerprint density at radius 1 is 1.45 bits per heavy atom. The van der Waals surface area contributed by atoms with Crippen molar-refractivity contribution in [2.45, 2.75) is 32.2 Å². The zero-order chi connectivity index (χ0) is 14.5. The molecule has 1 heterocycles. The second-order valence-corrected chi connectivity index (χ2v) is 6.20. The van der Waals surface area contributed by atoms with Crippen LogP contribution < -0.4 is 0 Å². The number of hydrogen-bond acceptors (Lipinski definition) is 3. The van der Waals surface area contributed by atoms with Crippen LogP contribution in [-0.4, -0.2) is 30.6 Å². The average Bonchev–Trinajstić information content (AvgIpc) is 2.93. The molecule has 0 bridgehead atoms. The molecule has 5 heteroatoms. The van der Waals surface area contributed by atoms with Crippen molar-refractivity contribution in [1.82, 2.24) is 4.90 Å². The highest BCUT2D eigenvalue weighted by molar-refractivity contribution is 9.10. The molecule has 0 N–H and O–H groups in total. The summed E-state index contributed by atoms with van der Waals surface area (Å²) in [5.74, 6) is -0.150. The first-order valence-electron chi connectivity index (χ1n) is 6.96. The van der Waals surface area contributed by atoms with E-state index in [0.29, 0.717) is 18.1 Å². The predicted molar refractivity (Wildman–Crippen MR) is 84.0 cm³/mol. The highest BCUT2D eigenvalue weighted by atomic mass is 79.9. The van der Waals surface area contributed by atoms with Crippen molar-refractivity contribution in [3.05, 3.63) is 33.3 Å². The Hall–Kier alpha value is -0.580. The number of ether oxygens (including phenoxy) is 1. The van der Waals surface area contributed by atoms with Crippen LogP contribution in [0.1, 0.15) is 37.8 Å². The molecule has 0 radical (unpaired) electrons. The fourth-order valence-corrected chi connectivity index (χ4v) is 3.04. The Bertz CT molecular complexity index is 475. The van der Waals surface area contributed by atoms with E-state index in [-0.39, 0.29) is 12.0 Å². The van der Waals surface area contributed by atoms with Crippen LogP contribution in [0.25, 0.3) is 0 Å². The van der Waals surface area contributed by atoms with Crippen molar-refractivity contribution < 1.29 is 9.53 Å². The van der Waals surface area contributed by atoms with Crippen molar-refractivity contribution >= 4 is 33.5 Å². The first-order chi connectivity index (χ1) is 9.61. The van der Waals surface area contributed by atoms with E-state index in [1.165, 1.54) is 12.8 Å². The standard InChI is InChI=1S/C15H19BrClNO2/c1-2-20-15(19)10-14(18-7-3-4-8-18)11-5-6-12(16)13(17)9-11/h5-6,9,14H,2-4,7-8,10H2,1H3. The molecule has 1 saturated heterocycles. The van der Waals surface area contributed by atoms with Gasteiger partial charge in [0.05, 0.1) is 18.1 Å². The molecule has 1 aromatic carbocycles. The summed E-state index contributed by atoms with van der Waals surface area (Å²) >= 11 is 9.58. The molecular formula is C15H19BrClNO2. The van der Waals surface area contributed by atoms with E-state index >= 15 is 0 Å². The fourth-order valence-electron chi connectivity index (χ4n) is 2.61. The number of carbonyl (C=O) groups is 1. The number of halogens is 2. The third-order valence-electron chi connectivity index (χ3n) is 3.58. The maximum Gasteiger partial charge on any atom is 0.307 e. The van der Waals surface area contributed by atoms with Crippen LogP contribution in [0.3, 0.4) is 0 Å². The molecule has 1 aliphatic rings. The van der Waals surface area contributed by atoms with Gasteiger partial charge in [-0.05, 0) is 66.5 Å². The molecule has 0 aromatic heterocycles. The maximum absolute atomic E-state index is 11.8. The van der Waals surface area contributed by atoms with Gasteiger partial charge in [-0.25, -0.2) is 0 Å². The van der Waals surface area contributed by atoms with Crippen molar-refractivity contribution in [3.63, 3.8) is 0 Å². The number of benzene rings is 1. The Kier molecular flexibility index (Phi) is 5.87. The van der Waals surface area contributed by atoms with Crippen LogP contribution in [0.5, 0.6) is 0 Å². The van der Waals surface area contributed by atoms with E-state index < -0.39 is 0 Å². The maximum atomic E-state index is 11.8. The Labute approximate surface area is 133 Å². The Morgan fingerprint density at radius 3 is 2.75 bits per heavy atom. The molecule has 0 spiro atoms. The quantitative estimate of drug-likeness (QED) is 0.737. The summed E-state index contributed by atoms with van der Waals surface area (Å²) in [4.78, 5) is 14.2. The average molecular weight is 361 g/mol. The molecule has 1 unspecified atom stereocenters. The van der Waals surface area contributed by atoms with E-state index in [4.69, 9.17) is 16.3 Å². The minimum Gasteiger partial charge on any atom is -0.466 e. The summed E-state index contributed by atoms with van der Waals surface area (Å²) in [6.07, 6.45) is 2.75. The van der Waals surface area contributed by atoms with Crippen LogP contribution in [0, 0.1) is 0 Å². The number of hydrogen-bond donors (Lipinski definition) is 0. The van der Waals surface area contributed by atoms with Gasteiger partial charge in [-0.15, -0.1) is 0 Å². The minimum absolute atomic E-state index is 0.0575. The van der Waals surface area contributed by atoms with Crippen LogP contribution in [-0.2, 0) is 9.53 Å². The van der Waals surface area contributed by atoms with E-state index in [0.717, 1.165) is 23.1 Å². The van der Waals surface area contributed by atoms with Gasteiger partial charge in [0, 0.05) is 10.5 Å². The summed E-state index contributed by atoms with van der Waals surface area (Å²) < 4.78 is 5.97. The summed E-state index contributed by atoms with van der Waals surface area (Å²) in [5, 5.41) is 0.676. The van der Waals surface area contributed by atoms with Crippen LogP contribution in [0.15, 0.2) is 22.7 Å². The van der Waals surface area contributed by atoms with E-state index in [1.54, 1.807) is 0 Å². The summed E-state index contributed by atoms with van der Waals surface area (Å²) in [7, 11) is 0. The summed E-state index contributed by atoms with van der Waals surface area (Å²) in [5.41, 5.74) is 1.08. The lowest BCUT2D eigenvalue weighted by Crippen LogP contribution is -2.28. The molecule has 2 rings (SSSR count). The van der Waals surface area contributed by atoms with Gasteiger partial charge in [0.25, 0.3) is 0 Å². The zero-order valence-corrected chi connectivity index (χ0v) is 13.9. The smallest absolute Gasteiger partial charge is 0.307 e. The molecule has 1 fully saturated rings. The zero-order valence-electron chi connectivity index (χ0n) is 11.6. The number of nitrogens with zero attached hydrogens (tertiary/aromatic N) is 1. The summed E-state index contributed by atoms with van der Waals surface area (Å²) in [6.45, 7) is 4.31. The Balaban J connectivity index is 2.20. The minimum atomic E-state index is -0.150. The molecule has 0 saturated carbocycles. The van der Waals surface area contributed by atoms with Crippen LogP contribution in [0.4, 0.5) is 0 Å². The molecule has 1 atom stereocenters. The molecular weight excluding hydrogens is 342 g/mol. The highest BCUT2D eigenvalue weighted by Gasteiger charge is 2.26. The van der Waals surface area contributed by atoms with Gasteiger partial charge in [-0.1, -0.05) is 17.7 Å². The predicted octanol–water partition coefficient (Wildman–Crippen LogP) is 4.19. The topological polar surface area (TPSA) is 29.5 Å². The second-order valence-electron chi connectivity index (χ2n) is 4.94. The number of carbonyl (C=O) groups excluding carboxylic acids is 1. The number of likely N-dealkylation sites (tertiary alicyclic amines) is 1. The largest absolute Gasteiger partial charge is 0.466 e. The van der Waals surface area contributed by atoms with Gasteiger partial charge < -0.3 is 4.74 Å². The van der Waals surface area contributed by atoms with Gasteiger partial charge >= 0.3 is 5.97 Å². The summed E-state index contributed by atoms with van der Waals surface area (Å²) in [6, 6.07) is 5.96. The van der Waals surface area contributed by atoms with E-state index in [1.807, 2.05) is 25.1 Å². The van der Waals surface area contributed by atoms with Gasteiger partial charge in [-0.2, -0.15) is 0 Å². The van der Waals surface area contributed by atoms with Gasteiger partial charge in [0.2, 0.25) is 0 Å². The number of esters is 1. The molecule has 3 nitrogen and oxygen atoms in total. The van der Waals surface area contributed by atoms with Crippen LogP contribution >= 0.6 is 27.5 Å². The van der Waals surface area contributed by atoms with Gasteiger partial charge in [-0.3, -0.25) is 9.69 Å². The molecule has 0 amide bonds. The third-order valence-corrected chi connectivity index (χ3v) is 4.81. The van der Waals surface area contributed by atoms with Crippen molar-refractivity contribution in [3.8, 4) is 0 Å². The fraction of sp³-hybridized carbons (Fsp3) is 0.533. The molecule has 110 valence electrons. The molecule has 20 heavy (non-hydrogen) atoms. The first kappa shape index (κ1) is 15.8. The van der Waals surface area contributed by atoms with E-state index in [2.05, 4.69) is 20.8 Å². The lowest BCUT2D eigenvalue weighted by Gasteiger charge is -2.27. The van der Waals surface area contributed by atoms with Crippen molar-refractivity contribution in [2.24, 2.45) is 0 Å². The number of rotatable bonds is 5. The van der Waals surface area contributed by atoms with E-state index in [9.17, 15) is 4.79 Å². The molecule has 1 aromatic rings. The van der Waals surface area contributed by atoms with Crippen LogP contribution in [0.2, 0.25) is 5.02 Å². The SMILES string of the molecule is CCOC(=O)CC(c1ccc(Br)c(Cl)c1)N1CCCC1. The normalized spacial score (nSPS) is 17.1. The monoisotopic (exact) mass is 359 g/mol. The molecule has 0 aliphatic carbocycles. The Morgan fingerprint density at radius 2 is 2.15 bits per heavy atom. The van der Waals surface area contributed by atoms with Gasteiger partial charge in [0.15, 0.2) is 0 Å².